The van der Waals surface area contributed by atoms with Crippen molar-refractivity contribution in [3.8, 4) is 11.4 Å². The molecular weight excluding hydrogens is 332 g/mol. The largest absolute Gasteiger partial charge is 0.367 e. The Bertz CT molecular complexity index is 856. The van der Waals surface area contributed by atoms with Gasteiger partial charge in [0.15, 0.2) is 5.82 Å². The van der Waals surface area contributed by atoms with E-state index in [1.165, 1.54) is 5.56 Å². The quantitative estimate of drug-likeness (QED) is 0.728. The zero-order chi connectivity index (χ0) is 18.5. The Morgan fingerprint density at radius 1 is 0.926 bits per heavy atom. The minimum atomic E-state index is 0.468. The summed E-state index contributed by atoms with van der Waals surface area (Å²) in [4.78, 5) is 11.9. The maximum Gasteiger partial charge on any atom is 0.161 e. The standard InChI is InChI=1S/C23H26N4/c1-18-16-22(26-23(24-18)20-10-6-3-7-11-20)25-21-12-14-27(15-13-21)17-19-8-4-2-5-9-19/h2-11,16,21H,12-15,17H2,1H3,(H,24,25,26). The van der Waals surface area contributed by atoms with Crippen molar-refractivity contribution < 1.29 is 0 Å². The van der Waals surface area contributed by atoms with Crippen LogP contribution in [-0.4, -0.2) is 34.0 Å². The normalized spacial score (nSPS) is 15.6. The van der Waals surface area contributed by atoms with E-state index in [1.807, 2.05) is 31.2 Å². The van der Waals surface area contributed by atoms with E-state index in [0.29, 0.717) is 6.04 Å². The molecule has 0 aliphatic carbocycles. The molecule has 1 saturated heterocycles. The van der Waals surface area contributed by atoms with E-state index in [0.717, 1.165) is 55.4 Å². The summed E-state index contributed by atoms with van der Waals surface area (Å²) in [7, 11) is 0. The molecule has 0 spiro atoms. The van der Waals surface area contributed by atoms with Gasteiger partial charge in [-0.1, -0.05) is 60.7 Å². The summed E-state index contributed by atoms with van der Waals surface area (Å²) in [5, 5.41) is 3.64. The van der Waals surface area contributed by atoms with Crippen molar-refractivity contribution in [2.75, 3.05) is 18.4 Å². The van der Waals surface area contributed by atoms with Crippen molar-refractivity contribution in [3.63, 3.8) is 0 Å². The summed E-state index contributed by atoms with van der Waals surface area (Å²) in [5.41, 5.74) is 3.44. The smallest absolute Gasteiger partial charge is 0.161 e. The molecule has 3 aromatic rings. The molecule has 0 bridgehead atoms. The highest BCUT2D eigenvalue weighted by molar-refractivity contribution is 5.57. The number of aromatic nitrogens is 2. The number of aryl methyl sites for hydroxylation is 1. The zero-order valence-corrected chi connectivity index (χ0v) is 15.8. The maximum absolute atomic E-state index is 4.75. The van der Waals surface area contributed by atoms with Crippen LogP contribution < -0.4 is 5.32 Å². The molecule has 4 nitrogen and oxygen atoms in total. The summed E-state index contributed by atoms with van der Waals surface area (Å²) in [6.07, 6.45) is 2.27. The fraction of sp³-hybridized carbons (Fsp3) is 0.304. The molecule has 2 aromatic carbocycles. The van der Waals surface area contributed by atoms with Crippen molar-refractivity contribution in [1.29, 1.82) is 0 Å². The average molecular weight is 358 g/mol. The topological polar surface area (TPSA) is 41.0 Å². The van der Waals surface area contributed by atoms with Crippen LogP contribution in [0.15, 0.2) is 66.7 Å². The van der Waals surface area contributed by atoms with Crippen molar-refractivity contribution >= 4 is 5.82 Å². The predicted molar refractivity (Wildman–Crippen MR) is 111 cm³/mol. The fourth-order valence-corrected chi connectivity index (χ4v) is 3.64. The molecular formula is C23H26N4. The lowest BCUT2D eigenvalue weighted by atomic mass is 10.0. The molecule has 1 N–H and O–H groups in total. The lowest BCUT2D eigenvalue weighted by Crippen LogP contribution is -2.38. The van der Waals surface area contributed by atoms with E-state index in [9.17, 15) is 0 Å². The molecule has 2 heterocycles. The van der Waals surface area contributed by atoms with Crippen LogP contribution in [-0.2, 0) is 6.54 Å². The van der Waals surface area contributed by atoms with E-state index in [-0.39, 0.29) is 0 Å². The molecule has 0 amide bonds. The molecule has 27 heavy (non-hydrogen) atoms. The molecule has 1 aromatic heterocycles. The van der Waals surface area contributed by atoms with E-state index in [1.54, 1.807) is 0 Å². The number of rotatable bonds is 5. The van der Waals surface area contributed by atoms with E-state index < -0.39 is 0 Å². The molecule has 1 fully saturated rings. The predicted octanol–water partition coefficient (Wildman–Crippen LogP) is 4.53. The minimum Gasteiger partial charge on any atom is -0.367 e. The second-order valence-corrected chi connectivity index (χ2v) is 7.26. The highest BCUT2D eigenvalue weighted by Crippen LogP contribution is 2.21. The summed E-state index contributed by atoms with van der Waals surface area (Å²) >= 11 is 0. The second-order valence-electron chi connectivity index (χ2n) is 7.26. The highest BCUT2D eigenvalue weighted by Gasteiger charge is 2.19. The molecule has 0 saturated carbocycles. The molecule has 1 aliphatic heterocycles. The van der Waals surface area contributed by atoms with Crippen LogP contribution in [0.25, 0.3) is 11.4 Å². The number of nitrogens with zero attached hydrogens (tertiary/aromatic N) is 3. The lowest BCUT2D eigenvalue weighted by molar-refractivity contribution is 0.211. The Morgan fingerprint density at radius 2 is 1.59 bits per heavy atom. The molecule has 1 aliphatic rings. The van der Waals surface area contributed by atoms with Gasteiger partial charge in [-0.25, -0.2) is 9.97 Å². The van der Waals surface area contributed by atoms with Crippen molar-refractivity contribution in [2.24, 2.45) is 0 Å². The number of hydrogen-bond acceptors (Lipinski definition) is 4. The maximum atomic E-state index is 4.75. The number of hydrogen-bond donors (Lipinski definition) is 1. The van der Waals surface area contributed by atoms with Gasteiger partial charge in [0.1, 0.15) is 5.82 Å². The van der Waals surface area contributed by atoms with Gasteiger partial charge < -0.3 is 5.32 Å². The van der Waals surface area contributed by atoms with Crippen molar-refractivity contribution in [2.45, 2.75) is 32.4 Å². The van der Waals surface area contributed by atoms with Crippen LogP contribution in [0.5, 0.6) is 0 Å². The van der Waals surface area contributed by atoms with Crippen LogP contribution in [0.3, 0.4) is 0 Å². The van der Waals surface area contributed by atoms with Gasteiger partial charge in [0.25, 0.3) is 0 Å². The first-order valence-corrected chi connectivity index (χ1v) is 9.70. The van der Waals surface area contributed by atoms with Gasteiger partial charge in [-0.15, -0.1) is 0 Å². The minimum absolute atomic E-state index is 0.468. The Hall–Kier alpha value is -2.72. The third kappa shape index (κ3) is 4.72. The third-order valence-electron chi connectivity index (χ3n) is 5.07. The molecule has 4 rings (SSSR count). The summed E-state index contributed by atoms with van der Waals surface area (Å²) in [5.74, 6) is 1.72. The first-order chi connectivity index (χ1) is 13.3. The number of likely N-dealkylation sites (tertiary alicyclic amines) is 1. The lowest BCUT2D eigenvalue weighted by Gasteiger charge is -2.32. The average Bonchev–Trinajstić information content (AvgIpc) is 2.71. The van der Waals surface area contributed by atoms with Gasteiger partial charge in [0.2, 0.25) is 0 Å². The SMILES string of the molecule is Cc1cc(NC2CCN(Cc3ccccc3)CC2)nc(-c2ccccc2)n1. The highest BCUT2D eigenvalue weighted by atomic mass is 15.1. The molecule has 4 heteroatoms. The fourth-order valence-electron chi connectivity index (χ4n) is 3.64. The summed E-state index contributed by atoms with van der Waals surface area (Å²) < 4.78 is 0. The monoisotopic (exact) mass is 358 g/mol. The Kier molecular flexibility index (Phi) is 5.45. The number of benzene rings is 2. The van der Waals surface area contributed by atoms with E-state index >= 15 is 0 Å². The van der Waals surface area contributed by atoms with Gasteiger partial charge >= 0.3 is 0 Å². The molecule has 0 unspecified atom stereocenters. The van der Waals surface area contributed by atoms with Gasteiger partial charge in [0.05, 0.1) is 0 Å². The van der Waals surface area contributed by atoms with Crippen LogP contribution >= 0.6 is 0 Å². The van der Waals surface area contributed by atoms with Crippen LogP contribution in [0.2, 0.25) is 0 Å². The Morgan fingerprint density at radius 3 is 2.30 bits per heavy atom. The molecule has 0 atom stereocenters. The number of anilines is 1. The molecule has 138 valence electrons. The summed E-state index contributed by atoms with van der Waals surface area (Å²) in [6, 6.07) is 23.4. The first-order valence-electron chi connectivity index (χ1n) is 9.70. The van der Waals surface area contributed by atoms with Gasteiger partial charge in [-0.3, -0.25) is 4.90 Å². The van der Waals surface area contributed by atoms with E-state index in [4.69, 9.17) is 4.98 Å². The number of piperidine rings is 1. The Labute approximate surface area is 161 Å². The van der Waals surface area contributed by atoms with Crippen LogP contribution in [0.4, 0.5) is 5.82 Å². The van der Waals surface area contributed by atoms with E-state index in [2.05, 4.69) is 57.7 Å². The number of nitrogens with one attached hydrogen (secondary N) is 1. The molecule has 0 radical (unpaired) electrons. The van der Waals surface area contributed by atoms with Gasteiger partial charge in [-0.05, 0) is 25.3 Å². The third-order valence-corrected chi connectivity index (χ3v) is 5.07. The zero-order valence-electron chi connectivity index (χ0n) is 15.8. The van der Waals surface area contributed by atoms with Crippen molar-refractivity contribution in [3.05, 3.63) is 78.0 Å². The first kappa shape index (κ1) is 17.7. The summed E-state index contributed by atoms with van der Waals surface area (Å²) in [6.45, 7) is 5.30. The van der Waals surface area contributed by atoms with Gasteiger partial charge in [0, 0.05) is 43.0 Å². The second kappa shape index (κ2) is 8.31. The van der Waals surface area contributed by atoms with Crippen molar-refractivity contribution in [1.82, 2.24) is 14.9 Å². The van der Waals surface area contributed by atoms with Crippen LogP contribution in [0, 0.1) is 6.92 Å². The Balaban J connectivity index is 1.37. The van der Waals surface area contributed by atoms with Crippen LogP contribution in [0.1, 0.15) is 24.1 Å². The van der Waals surface area contributed by atoms with Gasteiger partial charge in [-0.2, -0.15) is 0 Å².